The van der Waals surface area contributed by atoms with Gasteiger partial charge in [-0.1, -0.05) is 30.3 Å². The number of ether oxygens (including phenoxy) is 1. The number of rotatable bonds is 6. The van der Waals surface area contributed by atoms with Gasteiger partial charge in [-0.3, -0.25) is 9.48 Å². The van der Waals surface area contributed by atoms with Crippen molar-refractivity contribution in [1.29, 1.82) is 0 Å². The molecule has 10 heteroatoms. The van der Waals surface area contributed by atoms with Crippen LogP contribution < -0.4 is 5.32 Å². The average Bonchev–Trinajstić information content (AvgIpc) is 3.25. The number of carbonyl (C=O) groups is 1. The van der Waals surface area contributed by atoms with E-state index in [0.717, 1.165) is 17.7 Å². The highest BCUT2D eigenvalue weighted by molar-refractivity contribution is 7.89. The molecule has 1 aromatic heterocycles. The number of hydrogen-bond acceptors (Lipinski definition) is 5. The van der Waals surface area contributed by atoms with Crippen molar-refractivity contribution in [2.24, 2.45) is 0 Å². The second-order valence-corrected chi connectivity index (χ2v) is 8.93. The van der Waals surface area contributed by atoms with Crippen LogP contribution in [0.4, 0.5) is 10.1 Å². The third-order valence-corrected chi connectivity index (χ3v) is 6.77. The molecule has 0 aliphatic carbocycles. The summed E-state index contributed by atoms with van der Waals surface area (Å²) in [6.45, 7) is 1.32. The van der Waals surface area contributed by atoms with Crippen molar-refractivity contribution in [3.8, 4) is 0 Å². The first kappa shape index (κ1) is 21.2. The number of amides is 1. The molecule has 0 saturated carbocycles. The molecule has 2 aromatic carbocycles. The number of halogens is 1. The van der Waals surface area contributed by atoms with E-state index in [1.165, 1.54) is 16.6 Å². The van der Waals surface area contributed by atoms with Crippen LogP contribution in [0.3, 0.4) is 0 Å². The van der Waals surface area contributed by atoms with Crippen molar-refractivity contribution in [2.45, 2.75) is 11.4 Å². The summed E-state index contributed by atoms with van der Waals surface area (Å²) in [5.41, 5.74) is 1.51. The van der Waals surface area contributed by atoms with Crippen LogP contribution in [0, 0.1) is 5.82 Å². The lowest BCUT2D eigenvalue weighted by Gasteiger charge is -2.26. The fourth-order valence-corrected chi connectivity index (χ4v) is 4.74. The molecule has 0 unspecified atom stereocenters. The first-order valence-electron chi connectivity index (χ1n) is 9.69. The molecule has 0 radical (unpaired) electrons. The maximum absolute atomic E-state index is 14.3. The van der Waals surface area contributed by atoms with E-state index in [1.807, 2.05) is 30.3 Å². The third kappa shape index (κ3) is 4.82. The van der Waals surface area contributed by atoms with Gasteiger partial charge in [0.2, 0.25) is 10.0 Å². The summed E-state index contributed by atoms with van der Waals surface area (Å²) in [7, 11) is -4.04. The monoisotopic (exact) mass is 444 g/mol. The molecule has 1 aliphatic rings. The van der Waals surface area contributed by atoms with Gasteiger partial charge in [0, 0.05) is 25.0 Å². The number of aromatic nitrogens is 2. The number of hydrogen-bond donors (Lipinski definition) is 1. The number of nitrogens with zero attached hydrogens (tertiary/aromatic N) is 3. The zero-order valence-electron chi connectivity index (χ0n) is 16.6. The molecule has 0 spiro atoms. The van der Waals surface area contributed by atoms with Crippen LogP contribution in [0.5, 0.6) is 0 Å². The van der Waals surface area contributed by atoms with E-state index in [0.29, 0.717) is 12.1 Å². The SMILES string of the molecule is O=C(Nc1ccc(F)c(S(=O)(=O)N2CCOCC2)c1)c1cnn(Cc2ccccc2)c1. The molecular formula is C21H21FN4O4S. The molecular weight excluding hydrogens is 423 g/mol. The summed E-state index contributed by atoms with van der Waals surface area (Å²) in [6, 6.07) is 13.1. The molecule has 1 saturated heterocycles. The van der Waals surface area contributed by atoms with Crippen molar-refractivity contribution in [1.82, 2.24) is 14.1 Å². The van der Waals surface area contributed by atoms with E-state index < -0.39 is 26.6 Å². The maximum atomic E-state index is 14.3. The summed E-state index contributed by atoms with van der Waals surface area (Å²) in [6.07, 6.45) is 3.02. The molecule has 1 N–H and O–H groups in total. The van der Waals surface area contributed by atoms with Crippen LogP contribution >= 0.6 is 0 Å². The number of sulfonamides is 1. The normalized spacial score (nSPS) is 15.0. The van der Waals surface area contributed by atoms with Crippen LogP contribution in [-0.4, -0.2) is 54.7 Å². The summed E-state index contributed by atoms with van der Waals surface area (Å²) in [5, 5.41) is 6.80. The molecule has 1 aliphatic heterocycles. The van der Waals surface area contributed by atoms with Crippen LogP contribution in [0.1, 0.15) is 15.9 Å². The van der Waals surface area contributed by atoms with Crippen LogP contribution in [0.25, 0.3) is 0 Å². The van der Waals surface area contributed by atoms with Gasteiger partial charge in [0.1, 0.15) is 10.7 Å². The topological polar surface area (TPSA) is 93.5 Å². The van der Waals surface area contributed by atoms with Gasteiger partial charge in [-0.05, 0) is 23.8 Å². The van der Waals surface area contributed by atoms with Crippen LogP contribution in [-0.2, 0) is 21.3 Å². The zero-order valence-corrected chi connectivity index (χ0v) is 17.4. The lowest BCUT2D eigenvalue weighted by atomic mass is 10.2. The Balaban J connectivity index is 1.49. The highest BCUT2D eigenvalue weighted by atomic mass is 32.2. The number of benzene rings is 2. The molecule has 0 bridgehead atoms. The van der Waals surface area contributed by atoms with E-state index >= 15 is 0 Å². The Morgan fingerprint density at radius 2 is 1.87 bits per heavy atom. The Hall–Kier alpha value is -3.08. The Kier molecular flexibility index (Phi) is 6.12. The van der Waals surface area contributed by atoms with Crippen molar-refractivity contribution >= 4 is 21.6 Å². The smallest absolute Gasteiger partial charge is 0.258 e. The number of morpholine rings is 1. The van der Waals surface area contributed by atoms with Crippen molar-refractivity contribution in [3.05, 3.63) is 77.9 Å². The van der Waals surface area contributed by atoms with Crippen molar-refractivity contribution < 1.29 is 22.3 Å². The number of anilines is 1. The molecule has 3 aromatic rings. The second kappa shape index (κ2) is 8.96. The lowest BCUT2D eigenvalue weighted by Crippen LogP contribution is -2.40. The van der Waals surface area contributed by atoms with E-state index in [9.17, 15) is 17.6 Å². The molecule has 1 fully saturated rings. The Morgan fingerprint density at radius 3 is 2.61 bits per heavy atom. The minimum atomic E-state index is -4.04. The molecule has 1 amide bonds. The average molecular weight is 444 g/mol. The quantitative estimate of drug-likeness (QED) is 0.630. The standard InChI is InChI=1S/C21H21FN4O4S/c22-19-7-6-18(12-20(19)31(28,29)26-8-10-30-11-9-26)24-21(27)17-13-23-25(15-17)14-16-4-2-1-3-5-16/h1-7,12-13,15H,8-11,14H2,(H,24,27). The summed E-state index contributed by atoms with van der Waals surface area (Å²) >= 11 is 0. The fraction of sp³-hybridized carbons (Fsp3) is 0.238. The van der Waals surface area contributed by atoms with Gasteiger partial charge in [0.15, 0.2) is 0 Å². The Morgan fingerprint density at radius 1 is 1.13 bits per heavy atom. The first-order valence-corrected chi connectivity index (χ1v) is 11.1. The van der Waals surface area contributed by atoms with Crippen LogP contribution in [0.2, 0.25) is 0 Å². The van der Waals surface area contributed by atoms with E-state index in [2.05, 4.69) is 10.4 Å². The number of nitrogens with one attached hydrogen (secondary N) is 1. The second-order valence-electron chi connectivity index (χ2n) is 7.03. The van der Waals surface area contributed by atoms with Gasteiger partial charge in [0.25, 0.3) is 5.91 Å². The Bertz CT molecular complexity index is 1180. The zero-order chi connectivity index (χ0) is 21.8. The molecule has 4 rings (SSSR count). The Labute approximate surface area is 179 Å². The molecule has 162 valence electrons. The molecule has 2 heterocycles. The van der Waals surface area contributed by atoms with Crippen LogP contribution in [0.15, 0.2) is 65.8 Å². The van der Waals surface area contributed by atoms with Gasteiger partial charge >= 0.3 is 0 Å². The van der Waals surface area contributed by atoms with Gasteiger partial charge in [-0.15, -0.1) is 0 Å². The van der Waals surface area contributed by atoms with Crippen molar-refractivity contribution in [3.63, 3.8) is 0 Å². The van der Waals surface area contributed by atoms with E-state index in [-0.39, 0.29) is 32.0 Å². The minimum absolute atomic E-state index is 0.152. The van der Waals surface area contributed by atoms with Gasteiger partial charge in [0.05, 0.1) is 31.5 Å². The minimum Gasteiger partial charge on any atom is -0.379 e. The van der Waals surface area contributed by atoms with E-state index in [1.54, 1.807) is 10.9 Å². The summed E-state index contributed by atoms with van der Waals surface area (Å²) in [5.74, 6) is -1.35. The fourth-order valence-electron chi connectivity index (χ4n) is 3.25. The third-order valence-electron chi connectivity index (χ3n) is 4.86. The van der Waals surface area contributed by atoms with Gasteiger partial charge in [-0.2, -0.15) is 9.40 Å². The van der Waals surface area contributed by atoms with Crippen molar-refractivity contribution in [2.75, 3.05) is 31.6 Å². The largest absolute Gasteiger partial charge is 0.379 e. The summed E-state index contributed by atoms with van der Waals surface area (Å²) in [4.78, 5) is 12.1. The predicted molar refractivity (Wildman–Crippen MR) is 112 cm³/mol. The summed E-state index contributed by atoms with van der Waals surface area (Å²) < 4.78 is 47.9. The number of carbonyl (C=O) groups excluding carboxylic acids is 1. The predicted octanol–water partition coefficient (Wildman–Crippen LogP) is 2.34. The maximum Gasteiger partial charge on any atom is 0.258 e. The van der Waals surface area contributed by atoms with Gasteiger partial charge < -0.3 is 10.1 Å². The highest BCUT2D eigenvalue weighted by Crippen LogP contribution is 2.24. The van der Waals surface area contributed by atoms with E-state index in [4.69, 9.17) is 4.74 Å². The lowest BCUT2D eigenvalue weighted by molar-refractivity contribution is 0.0729. The first-order chi connectivity index (χ1) is 14.9. The molecule has 8 nitrogen and oxygen atoms in total. The van der Waals surface area contributed by atoms with Gasteiger partial charge in [-0.25, -0.2) is 12.8 Å². The molecule has 31 heavy (non-hydrogen) atoms. The molecule has 0 atom stereocenters. The highest BCUT2D eigenvalue weighted by Gasteiger charge is 2.29.